The zero-order valence-corrected chi connectivity index (χ0v) is 9.67. The fourth-order valence-corrected chi connectivity index (χ4v) is 2.47. The lowest BCUT2D eigenvalue weighted by Crippen LogP contribution is -2.44. The summed E-state index contributed by atoms with van der Waals surface area (Å²) in [6.45, 7) is 5.00. The van der Waals surface area contributed by atoms with E-state index in [0.717, 1.165) is 32.5 Å². The number of rotatable bonds is 4. The highest BCUT2D eigenvalue weighted by molar-refractivity contribution is 5.79. The third-order valence-electron chi connectivity index (χ3n) is 3.75. The van der Waals surface area contributed by atoms with Gasteiger partial charge in [-0.15, -0.1) is 0 Å². The van der Waals surface area contributed by atoms with E-state index in [1.54, 1.807) is 0 Å². The summed E-state index contributed by atoms with van der Waals surface area (Å²) in [4.78, 5) is 14.1. The minimum atomic E-state index is 0.353. The minimum Gasteiger partial charge on any atom is -0.341 e. The van der Waals surface area contributed by atoms with E-state index in [2.05, 4.69) is 12.2 Å². The number of hydrogen-bond acceptors (Lipinski definition) is 2. The molecule has 1 unspecified atom stereocenters. The first-order valence-electron chi connectivity index (χ1n) is 6.33. The number of carbonyl (C=O) groups excluding carboxylic acids is 1. The van der Waals surface area contributed by atoms with Crippen LogP contribution in [0.1, 0.15) is 39.0 Å². The maximum atomic E-state index is 12.0. The Labute approximate surface area is 92.2 Å². The van der Waals surface area contributed by atoms with Crippen molar-refractivity contribution < 1.29 is 4.79 Å². The Morgan fingerprint density at radius 2 is 2.13 bits per heavy atom. The van der Waals surface area contributed by atoms with Crippen LogP contribution in [0.5, 0.6) is 0 Å². The Morgan fingerprint density at radius 3 is 2.60 bits per heavy atom. The molecule has 1 N–H and O–H groups in total. The minimum absolute atomic E-state index is 0.353. The van der Waals surface area contributed by atoms with Gasteiger partial charge in [-0.2, -0.15) is 0 Å². The predicted molar refractivity (Wildman–Crippen MR) is 60.6 cm³/mol. The smallest absolute Gasteiger partial charge is 0.225 e. The van der Waals surface area contributed by atoms with Crippen molar-refractivity contribution in [2.75, 3.05) is 19.6 Å². The average molecular weight is 210 g/mol. The van der Waals surface area contributed by atoms with E-state index in [4.69, 9.17) is 0 Å². The van der Waals surface area contributed by atoms with Gasteiger partial charge in [0, 0.05) is 25.0 Å². The Morgan fingerprint density at radius 1 is 1.33 bits per heavy atom. The Hall–Kier alpha value is -0.570. The molecule has 1 saturated heterocycles. The van der Waals surface area contributed by atoms with Crippen molar-refractivity contribution in [1.82, 2.24) is 10.2 Å². The molecule has 3 heteroatoms. The SMILES string of the molecule is CCN(CC1CCCN1)C(=O)C1CCC1. The molecule has 15 heavy (non-hydrogen) atoms. The van der Waals surface area contributed by atoms with Crippen LogP contribution in [0.4, 0.5) is 0 Å². The van der Waals surface area contributed by atoms with Crippen molar-refractivity contribution in [2.24, 2.45) is 5.92 Å². The predicted octanol–water partition coefficient (Wildman–Crippen LogP) is 1.39. The quantitative estimate of drug-likeness (QED) is 0.760. The van der Waals surface area contributed by atoms with E-state index in [-0.39, 0.29) is 0 Å². The van der Waals surface area contributed by atoms with Gasteiger partial charge in [-0.1, -0.05) is 6.42 Å². The standard InChI is InChI=1S/C12H22N2O/c1-2-14(9-11-7-4-8-13-11)12(15)10-5-3-6-10/h10-11,13H,2-9H2,1H3. The largest absolute Gasteiger partial charge is 0.341 e. The molecule has 1 saturated carbocycles. The van der Waals surface area contributed by atoms with Crippen molar-refractivity contribution in [3.8, 4) is 0 Å². The van der Waals surface area contributed by atoms with Crippen LogP contribution in [0.25, 0.3) is 0 Å². The summed E-state index contributed by atoms with van der Waals surface area (Å²) in [5.74, 6) is 0.754. The second-order valence-electron chi connectivity index (χ2n) is 4.80. The molecule has 1 heterocycles. The maximum absolute atomic E-state index is 12.0. The van der Waals surface area contributed by atoms with Crippen LogP contribution in [-0.2, 0) is 4.79 Å². The zero-order chi connectivity index (χ0) is 10.7. The van der Waals surface area contributed by atoms with Crippen LogP contribution in [0.2, 0.25) is 0 Å². The monoisotopic (exact) mass is 210 g/mol. The third-order valence-corrected chi connectivity index (χ3v) is 3.75. The highest BCUT2D eigenvalue weighted by atomic mass is 16.2. The van der Waals surface area contributed by atoms with Crippen molar-refractivity contribution in [3.63, 3.8) is 0 Å². The summed E-state index contributed by atoms with van der Waals surface area (Å²) in [5.41, 5.74) is 0. The third kappa shape index (κ3) is 2.51. The molecule has 2 rings (SSSR count). The van der Waals surface area contributed by atoms with Gasteiger partial charge in [-0.05, 0) is 39.2 Å². The van der Waals surface area contributed by atoms with Crippen LogP contribution in [0, 0.1) is 5.92 Å². The Kier molecular flexibility index (Phi) is 3.62. The number of hydrogen-bond donors (Lipinski definition) is 1. The van der Waals surface area contributed by atoms with Gasteiger partial charge in [0.2, 0.25) is 5.91 Å². The highest BCUT2D eigenvalue weighted by Gasteiger charge is 2.30. The molecule has 0 spiro atoms. The van der Waals surface area contributed by atoms with Crippen LogP contribution in [-0.4, -0.2) is 36.5 Å². The van der Waals surface area contributed by atoms with Gasteiger partial charge in [-0.3, -0.25) is 4.79 Å². The van der Waals surface area contributed by atoms with Crippen LogP contribution < -0.4 is 5.32 Å². The summed E-state index contributed by atoms with van der Waals surface area (Å²) in [7, 11) is 0. The van der Waals surface area contributed by atoms with Gasteiger partial charge in [0.1, 0.15) is 0 Å². The molecule has 0 bridgehead atoms. The molecular formula is C12H22N2O. The van der Waals surface area contributed by atoms with Crippen molar-refractivity contribution in [1.29, 1.82) is 0 Å². The van der Waals surface area contributed by atoms with E-state index in [9.17, 15) is 4.79 Å². The summed E-state index contributed by atoms with van der Waals surface area (Å²) < 4.78 is 0. The number of amides is 1. The molecule has 0 aromatic carbocycles. The molecule has 0 aromatic rings. The summed E-state index contributed by atoms with van der Waals surface area (Å²) in [6.07, 6.45) is 5.98. The summed E-state index contributed by atoms with van der Waals surface area (Å²) in [6, 6.07) is 0.550. The number of nitrogens with zero attached hydrogens (tertiary/aromatic N) is 1. The molecule has 0 radical (unpaired) electrons. The normalized spacial score (nSPS) is 26.3. The zero-order valence-electron chi connectivity index (χ0n) is 9.67. The first-order chi connectivity index (χ1) is 7.31. The van der Waals surface area contributed by atoms with Gasteiger partial charge < -0.3 is 10.2 Å². The van der Waals surface area contributed by atoms with E-state index in [1.165, 1.54) is 19.3 Å². The van der Waals surface area contributed by atoms with Crippen LogP contribution in [0.3, 0.4) is 0 Å². The Balaban J connectivity index is 1.82. The van der Waals surface area contributed by atoms with Gasteiger partial charge in [0.05, 0.1) is 0 Å². The summed E-state index contributed by atoms with van der Waals surface area (Å²) >= 11 is 0. The Bertz CT molecular complexity index is 220. The van der Waals surface area contributed by atoms with E-state index >= 15 is 0 Å². The first kappa shape index (κ1) is 10.9. The average Bonchev–Trinajstić information content (AvgIpc) is 2.63. The molecular weight excluding hydrogens is 188 g/mol. The second-order valence-corrected chi connectivity index (χ2v) is 4.80. The molecule has 1 amide bonds. The van der Waals surface area contributed by atoms with Gasteiger partial charge in [0.25, 0.3) is 0 Å². The van der Waals surface area contributed by atoms with Crippen LogP contribution >= 0.6 is 0 Å². The lowest BCUT2D eigenvalue weighted by Gasteiger charge is -2.32. The first-order valence-corrected chi connectivity index (χ1v) is 6.33. The molecule has 1 aliphatic heterocycles. The second kappa shape index (κ2) is 4.97. The van der Waals surface area contributed by atoms with Gasteiger partial charge >= 0.3 is 0 Å². The molecule has 2 fully saturated rings. The maximum Gasteiger partial charge on any atom is 0.225 e. The molecule has 1 atom stereocenters. The van der Waals surface area contributed by atoms with Crippen molar-refractivity contribution in [2.45, 2.75) is 45.1 Å². The van der Waals surface area contributed by atoms with Crippen molar-refractivity contribution in [3.05, 3.63) is 0 Å². The van der Waals surface area contributed by atoms with Crippen LogP contribution in [0.15, 0.2) is 0 Å². The molecule has 1 aliphatic carbocycles. The highest BCUT2D eigenvalue weighted by Crippen LogP contribution is 2.28. The number of likely N-dealkylation sites (N-methyl/N-ethyl adjacent to an activating group) is 1. The number of carbonyl (C=O) groups is 1. The lowest BCUT2D eigenvalue weighted by atomic mass is 9.84. The van der Waals surface area contributed by atoms with Gasteiger partial charge in [0.15, 0.2) is 0 Å². The lowest BCUT2D eigenvalue weighted by molar-refractivity contribution is -0.138. The topological polar surface area (TPSA) is 32.3 Å². The molecule has 0 aromatic heterocycles. The fraction of sp³-hybridized carbons (Fsp3) is 0.917. The number of nitrogens with one attached hydrogen (secondary N) is 1. The molecule has 3 nitrogen and oxygen atoms in total. The van der Waals surface area contributed by atoms with E-state index in [0.29, 0.717) is 17.9 Å². The van der Waals surface area contributed by atoms with Gasteiger partial charge in [-0.25, -0.2) is 0 Å². The summed E-state index contributed by atoms with van der Waals surface area (Å²) in [5, 5.41) is 3.46. The van der Waals surface area contributed by atoms with E-state index < -0.39 is 0 Å². The van der Waals surface area contributed by atoms with Crippen molar-refractivity contribution >= 4 is 5.91 Å². The molecule has 2 aliphatic rings. The van der Waals surface area contributed by atoms with E-state index in [1.807, 2.05) is 4.90 Å². The fourth-order valence-electron chi connectivity index (χ4n) is 2.47. The molecule has 86 valence electrons.